The van der Waals surface area contributed by atoms with E-state index < -0.39 is 183 Å². The Morgan fingerprint density at radius 1 is 0.619 bits per heavy atom. The van der Waals surface area contributed by atoms with Gasteiger partial charge in [-0.1, -0.05) is 66.2 Å². The smallest absolute Gasteiger partial charge is 0.335 e. The van der Waals surface area contributed by atoms with Gasteiger partial charge in [-0.2, -0.15) is 0 Å². The van der Waals surface area contributed by atoms with Gasteiger partial charge in [0.1, 0.15) is 91.6 Å². The van der Waals surface area contributed by atoms with Crippen molar-refractivity contribution in [3.8, 4) is 0 Å². The highest BCUT2D eigenvalue weighted by molar-refractivity contribution is 5.87. The summed E-state index contributed by atoms with van der Waals surface area (Å²) < 4.78 is 54.8. The summed E-state index contributed by atoms with van der Waals surface area (Å²) in [5.41, 5.74) is -1.79. The SMILES string of the molecule is C/C=C(\C)C(=O)O[C@H]1CC(C)(C)C[C@H]2C3=CCC4[C@@]5(C)CC[C@H](O[C@@H]6O[C@H](C(=O)O)[C@@H](O[C@@H]7O[C@H](CO)[C@H](O)[C@H](O)[C@H]7O[C@@H]7O[C@H](CO)[C@@H](O)[C@H](O)[C@H]7O)[C@H](O)[C@H]6OC6O[C@@H](C)[C@H](O)[C@@H](O)[C@H]6O)C(C)(C)C5CC[C@@]4(C)[C@]3(C)C[C@@H](O)[C@@]12CO. The standard InChI is InChI=1S/C59H94O25/c1-11-24(2)49(75)79-34-20-54(4,5)18-27-26-12-13-31-56(8)16-15-33(55(6,7)30(56)14-17-57(31,9)58(26,10)19-32(63)59(27,34)23-62)80-53-46(83-50-41(70)38(67)35(64)25(3)76-50)43(72)44(47(84-53)48(73)74)81-52-45(40(69)37(66)29(22-61)78-52)82-51-42(71)39(68)36(65)28(21-60)77-51/h11-12,25,27-47,50-53,60-72H,13-23H2,1-10H3,(H,73,74)/b24-11+/t25-,27-,28+,29+,30?,31?,32+,33-,34-,35-,36+,37-,38+,39-,40-,41+,42+,43-,44-,45+,46+,47-,50?,51-,52-,53+,56-,57+,58+,59-/m0/s1. The zero-order valence-corrected chi connectivity index (χ0v) is 49.7. The summed E-state index contributed by atoms with van der Waals surface area (Å²) >= 11 is 0. The van der Waals surface area contributed by atoms with Crippen molar-refractivity contribution in [1.82, 2.24) is 0 Å². The third kappa shape index (κ3) is 10.8. The third-order valence-electron chi connectivity index (χ3n) is 22.5. The summed E-state index contributed by atoms with van der Waals surface area (Å²) in [4.78, 5) is 26.9. The van der Waals surface area contributed by atoms with E-state index in [4.69, 9.17) is 42.6 Å². The van der Waals surface area contributed by atoms with E-state index in [0.29, 0.717) is 50.5 Å². The van der Waals surface area contributed by atoms with Gasteiger partial charge in [0, 0.05) is 5.57 Å². The number of ether oxygens (including phenoxy) is 9. The predicted molar refractivity (Wildman–Crippen MR) is 288 cm³/mol. The number of carboxylic acid groups (broad SMARTS) is 1. The number of carbonyl (C=O) groups is 2. The van der Waals surface area contributed by atoms with Crippen molar-refractivity contribution in [1.29, 1.82) is 0 Å². The molecule has 0 aromatic heterocycles. The number of aliphatic hydroxyl groups is 13. The van der Waals surface area contributed by atoms with E-state index in [1.54, 1.807) is 19.9 Å². The van der Waals surface area contributed by atoms with E-state index in [1.165, 1.54) is 12.5 Å². The first-order valence-corrected chi connectivity index (χ1v) is 29.9. The fourth-order valence-electron chi connectivity index (χ4n) is 17.3. The van der Waals surface area contributed by atoms with Gasteiger partial charge in [-0.15, -0.1) is 0 Å². The number of aliphatic carboxylic acids is 1. The third-order valence-corrected chi connectivity index (χ3v) is 22.5. The number of hydrogen-bond donors (Lipinski definition) is 14. The lowest BCUT2D eigenvalue weighted by Crippen LogP contribution is -2.70. The summed E-state index contributed by atoms with van der Waals surface area (Å²) in [5.74, 6) is -2.46. The summed E-state index contributed by atoms with van der Waals surface area (Å²) in [7, 11) is 0. The van der Waals surface area contributed by atoms with Crippen molar-refractivity contribution in [2.75, 3.05) is 19.8 Å². The number of esters is 1. The van der Waals surface area contributed by atoms with Crippen LogP contribution in [0, 0.1) is 50.2 Å². The van der Waals surface area contributed by atoms with Crippen LogP contribution in [0.2, 0.25) is 0 Å². The van der Waals surface area contributed by atoms with Crippen LogP contribution in [-0.4, -0.2) is 244 Å². The van der Waals surface area contributed by atoms with Gasteiger partial charge < -0.3 is 114 Å². The number of aliphatic hydroxyl groups excluding tert-OH is 13. The molecule has 0 amide bonds. The molecule has 25 heteroatoms. The number of carbonyl (C=O) groups excluding carboxylic acids is 1. The lowest BCUT2D eigenvalue weighted by atomic mass is 9.33. The molecule has 25 nitrogen and oxygen atoms in total. The lowest BCUT2D eigenvalue weighted by molar-refractivity contribution is -0.401. The molecule has 4 saturated heterocycles. The zero-order chi connectivity index (χ0) is 61.9. The van der Waals surface area contributed by atoms with Gasteiger partial charge in [-0.25, -0.2) is 9.59 Å². The largest absolute Gasteiger partial charge is 0.479 e. The Hall–Kier alpha value is -2.42. The van der Waals surface area contributed by atoms with E-state index in [1.807, 2.05) is 0 Å². The maximum absolute atomic E-state index is 13.5. The van der Waals surface area contributed by atoms with Crippen molar-refractivity contribution in [2.24, 2.45) is 50.2 Å². The quantitative estimate of drug-likeness (QED) is 0.0430. The van der Waals surface area contributed by atoms with Crippen LogP contribution in [0.4, 0.5) is 0 Å². The molecule has 4 aliphatic heterocycles. The average Bonchev–Trinajstić information content (AvgIpc) is 1.06. The molecule has 4 saturated carbocycles. The van der Waals surface area contributed by atoms with Gasteiger partial charge >= 0.3 is 11.9 Å². The Bertz CT molecular complexity index is 2420. The highest BCUT2D eigenvalue weighted by Gasteiger charge is 2.72. The second-order valence-electron chi connectivity index (χ2n) is 27.9. The number of hydrogen-bond acceptors (Lipinski definition) is 24. The molecule has 4 heterocycles. The Kier molecular flexibility index (Phi) is 18.9. The lowest BCUT2D eigenvalue weighted by Gasteiger charge is -2.72. The summed E-state index contributed by atoms with van der Waals surface area (Å²) in [6, 6.07) is 0. The molecule has 0 spiro atoms. The molecule has 0 aromatic rings. The van der Waals surface area contributed by atoms with Crippen molar-refractivity contribution in [3.63, 3.8) is 0 Å². The van der Waals surface area contributed by atoms with Crippen LogP contribution < -0.4 is 0 Å². The Labute approximate surface area is 489 Å². The minimum absolute atomic E-state index is 0.0526. The van der Waals surface area contributed by atoms with Gasteiger partial charge in [0.05, 0.1) is 43.5 Å². The van der Waals surface area contributed by atoms with Crippen LogP contribution in [0.15, 0.2) is 23.3 Å². The maximum Gasteiger partial charge on any atom is 0.335 e. The molecule has 5 aliphatic carbocycles. The highest BCUT2D eigenvalue weighted by Crippen LogP contribution is 2.76. The van der Waals surface area contributed by atoms with E-state index in [9.17, 15) is 81.1 Å². The maximum atomic E-state index is 13.5. The second-order valence-corrected chi connectivity index (χ2v) is 27.9. The first-order valence-electron chi connectivity index (χ1n) is 29.9. The molecule has 9 rings (SSSR count). The molecular weight excluding hydrogens is 1110 g/mol. The van der Waals surface area contributed by atoms with E-state index in [0.717, 1.165) is 6.42 Å². The molecule has 3 unspecified atom stereocenters. The highest BCUT2D eigenvalue weighted by atomic mass is 16.8. The van der Waals surface area contributed by atoms with E-state index in [-0.39, 0.29) is 40.6 Å². The van der Waals surface area contributed by atoms with Gasteiger partial charge in [0.15, 0.2) is 31.3 Å². The van der Waals surface area contributed by atoms with Crippen molar-refractivity contribution in [3.05, 3.63) is 23.3 Å². The summed E-state index contributed by atoms with van der Waals surface area (Å²) in [5, 5.41) is 155. The van der Waals surface area contributed by atoms with E-state index in [2.05, 4.69) is 54.5 Å². The van der Waals surface area contributed by atoms with E-state index >= 15 is 0 Å². The minimum Gasteiger partial charge on any atom is -0.479 e. The number of fused-ring (bicyclic) bond motifs is 7. The predicted octanol–water partition coefficient (Wildman–Crippen LogP) is -0.983. The molecule has 0 bridgehead atoms. The summed E-state index contributed by atoms with van der Waals surface area (Å²) in [6.45, 7) is 18.0. The van der Waals surface area contributed by atoms with Crippen LogP contribution >= 0.6 is 0 Å². The number of carboxylic acids is 1. The molecule has 0 radical (unpaired) electrons. The second kappa shape index (κ2) is 24.1. The van der Waals surface area contributed by atoms with Gasteiger partial charge in [0.25, 0.3) is 0 Å². The molecule has 30 atom stereocenters. The zero-order valence-electron chi connectivity index (χ0n) is 49.7. The number of rotatable bonds is 14. The molecular formula is C59H94O25. The Morgan fingerprint density at radius 3 is 1.77 bits per heavy atom. The van der Waals surface area contributed by atoms with Crippen molar-refractivity contribution in [2.45, 2.75) is 262 Å². The topological polar surface area (TPSA) is 400 Å². The van der Waals surface area contributed by atoms with Crippen LogP contribution in [0.1, 0.15) is 121 Å². The fourth-order valence-corrected chi connectivity index (χ4v) is 17.3. The van der Waals surface area contributed by atoms with Gasteiger partial charge in [0.2, 0.25) is 0 Å². The summed E-state index contributed by atoms with van der Waals surface area (Å²) in [6.07, 6.45) is -31.3. The molecule has 84 heavy (non-hydrogen) atoms. The molecule has 9 aliphatic rings. The van der Waals surface area contributed by atoms with Gasteiger partial charge in [-0.3, -0.25) is 0 Å². The average molecular weight is 1200 g/mol. The normalized spacial score (nSPS) is 51.9. The Morgan fingerprint density at radius 2 is 1.18 bits per heavy atom. The molecule has 8 fully saturated rings. The first-order chi connectivity index (χ1) is 39.2. The molecule has 14 N–H and O–H groups in total. The van der Waals surface area contributed by atoms with Crippen molar-refractivity contribution >= 4 is 11.9 Å². The van der Waals surface area contributed by atoms with Gasteiger partial charge in [-0.05, 0) is 117 Å². The minimum atomic E-state index is -2.18. The monoisotopic (exact) mass is 1200 g/mol. The fraction of sp³-hybridized carbons (Fsp3) is 0.898. The van der Waals surface area contributed by atoms with Crippen LogP contribution in [0.25, 0.3) is 0 Å². The molecule has 0 aromatic carbocycles. The first kappa shape index (κ1) is 66.0. The van der Waals surface area contributed by atoms with Crippen LogP contribution in [0.5, 0.6) is 0 Å². The van der Waals surface area contributed by atoms with Crippen LogP contribution in [0.3, 0.4) is 0 Å². The Balaban J connectivity index is 1.01. The van der Waals surface area contributed by atoms with Crippen molar-refractivity contribution < 1.29 is 124 Å². The van der Waals surface area contributed by atoms with Crippen LogP contribution in [-0.2, 0) is 52.2 Å². The number of allylic oxidation sites excluding steroid dienone is 3. The molecule has 480 valence electrons.